The Morgan fingerprint density at radius 2 is 1.89 bits per heavy atom. The topological polar surface area (TPSA) is 70.1 Å². The van der Waals surface area contributed by atoms with Gasteiger partial charge in [-0.1, -0.05) is 63.7 Å². The lowest BCUT2D eigenvalue weighted by atomic mass is 10.0. The Kier molecular flexibility index (Phi) is 5.96. The van der Waals surface area contributed by atoms with E-state index >= 15 is 0 Å². The second-order valence-electron chi connectivity index (χ2n) is 6.96. The summed E-state index contributed by atoms with van der Waals surface area (Å²) in [5, 5.41) is 5.37. The van der Waals surface area contributed by atoms with Crippen LogP contribution in [0.5, 0.6) is 0 Å². The molecule has 0 radical (unpaired) electrons. The number of hydrazone groups is 1. The number of hydrogen-bond acceptors (Lipinski definition) is 4. The molecule has 2 aromatic carbocycles. The van der Waals surface area contributed by atoms with E-state index in [0.29, 0.717) is 16.7 Å². The first-order valence-corrected chi connectivity index (χ1v) is 9.90. The Hall–Kier alpha value is -2.60. The van der Waals surface area contributed by atoms with Crippen LogP contribution in [0.15, 0.2) is 52.7 Å². The number of imidazole rings is 1. The maximum atomic E-state index is 12.3. The highest BCUT2D eigenvalue weighted by atomic mass is 32.2. The van der Waals surface area contributed by atoms with Crippen LogP contribution in [0.3, 0.4) is 0 Å². The molecule has 5 nitrogen and oxygen atoms in total. The number of fused-ring (bicyclic) bond motifs is 1. The molecule has 6 heteroatoms. The molecule has 1 heterocycles. The fourth-order valence-electron chi connectivity index (χ4n) is 2.60. The molecule has 1 aromatic heterocycles. The first-order chi connectivity index (χ1) is 12.9. The minimum Gasteiger partial charge on any atom is -0.333 e. The summed E-state index contributed by atoms with van der Waals surface area (Å²) in [5.41, 5.74) is 7.04. The van der Waals surface area contributed by atoms with E-state index in [4.69, 9.17) is 0 Å². The molecule has 0 aliphatic rings. The molecular formula is C21H24N4OS. The Morgan fingerprint density at radius 1 is 1.15 bits per heavy atom. The summed E-state index contributed by atoms with van der Waals surface area (Å²) in [5.74, 6) is 0.243. The van der Waals surface area contributed by atoms with Crippen LogP contribution in [0.2, 0.25) is 0 Å². The van der Waals surface area contributed by atoms with E-state index in [1.165, 1.54) is 5.56 Å². The molecule has 0 saturated carbocycles. The van der Waals surface area contributed by atoms with Gasteiger partial charge >= 0.3 is 0 Å². The highest BCUT2D eigenvalue weighted by Crippen LogP contribution is 2.23. The highest BCUT2D eigenvalue weighted by molar-refractivity contribution is 7.99. The van der Waals surface area contributed by atoms with Gasteiger partial charge in [0.05, 0.1) is 17.2 Å². The van der Waals surface area contributed by atoms with E-state index in [2.05, 4.69) is 60.3 Å². The molecule has 0 bridgehead atoms. The average Bonchev–Trinajstić information content (AvgIpc) is 3.02. The van der Waals surface area contributed by atoms with Crippen LogP contribution in [0.4, 0.5) is 0 Å². The summed E-state index contributed by atoms with van der Waals surface area (Å²) < 4.78 is 0. The minimum absolute atomic E-state index is 0.250. The summed E-state index contributed by atoms with van der Waals surface area (Å²) in [6.45, 7) is 8.55. The Balaban J connectivity index is 1.66. The van der Waals surface area contributed by atoms with Crippen LogP contribution in [0, 0.1) is 0 Å². The van der Waals surface area contributed by atoms with E-state index in [-0.39, 0.29) is 5.91 Å². The zero-order valence-electron chi connectivity index (χ0n) is 16.0. The van der Waals surface area contributed by atoms with Gasteiger partial charge < -0.3 is 4.98 Å². The number of carbonyl (C=O) groups is 1. The van der Waals surface area contributed by atoms with Crippen LogP contribution in [-0.2, 0) is 0 Å². The van der Waals surface area contributed by atoms with Crippen molar-refractivity contribution in [3.05, 3.63) is 59.2 Å². The van der Waals surface area contributed by atoms with Gasteiger partial charge in [-0.3, -0.25) is 4.79 Å². The molecule has 1 amide bonds. The van der Waals surface area contributed by atoms with Gasteiger partial charge in [0.15, 0.2) is 5.16 Å². The molecular weight excluding hydrogens is 356 g/mol. The van der Waals surface area contributed by atoms with E-state index in [9.17, 15) is 4.79 Å². The van der Waals surface area contributed by atoms with Gasteiger partial charge in [-0.15, -0.1) is 0 Å². The van der Waals surface area contributed by atoms with E-state index < -0.39 is 0 Å². The van der Waals surface area contributed by atoms with Gasteiger partial charge in [0, 0.05) is 10.8 Å². The van der Waals surface area contributed by atoms with Gasteiger partial charge in [0.2, 0.25) is 0 Å². The molecule has 140 valence electrons. The van der Waals surface area contributed by atoms with Crippen LogP contribution in [0.25, 0.3) is 11.0 Å². The Bertz CT molecular complexity index is 958. The van der Waals surface area contributed by atoms with Crippen molar-refractivity contribution in [3.8, 4) is 0 Å². The van der Waals surface area contributed by atoms with Gasteiger partial charge in [-0.2, -0.15) is 5.10 Å². The van der Waals surface area contributed by atoms with Crippen molar-refractivity contribution in [2.45, 2.75) is 44.0 Å². The molecule has 0 fully saturated rings. The molecule has 0 aliphatic heterocycles. The van der Waals surface area contributed by atoms with Gasteiger partial charge in [0.1, 0.15) is 0 Å². The molecule has 3 rings (SSSR count). The van der Waals surface area contributed by atoms with Crippen LogP contribution >= 0.6 is 11.8 Å². The van der Waals surface area contributed by atoms with Crippen molar-refractivity contribution in [1.29, 1.82) is 0 Å². The number of thioether (sulfide) groups is 1. The lowest BCUT2D eigenvalue weighted by Gasteiger charge is -2.04. The normalized spacial score (nSPS) is 11.8. The summed E-state index contributed by atoms with van der Waals surface area (Å²) in [7, 11) is 0. The lowest BCUT2D eigenvalue weighted by Crippen LogP contribution is -2.17. The molecule has 0 saturated heterocycles. The standard InChI is InChI=1S/C21H24N4OS/c1-13(2)16-7-5-15(6-8-16)12-22-25-20(26)17-9-10-18-19(11-17)24-21(23-18)27-14(3)4/h5-14H,1-4H3,(H,23,24)(H,25,26)/b22-12-. The molecule has 2 N–H and O–H groups in total. The number of aromatic nitrogens is 2. The Morgan fingerprint density at radius 3 is 2.56 bits per heavy atom. The Labute approximate surface area is 163 Å². The number of benzene rings is 2. The third kappa shape index (κ3) is 4.98. The van der Waals surface area contributed by atoms with E-state index in [0.717, 1.165) is 21.8 Å². The SMILES string of the molecule is CC(C)Sc1nc2ccc(C(=O)N/N=C\c3ccc(C(C)C)cc3)cc2[nH]1. The van der Waals surface area contributed by atoms with Crippen LogP contribution < -0.4 is 5.43 Å². The summed E-state index contributed by atoms with van der Waals surface area (Å²) in [6, 6.07) is 13.6. The summed E-state index contributed by atoms with van der Waals surface area (Å²) in [4.78, 5) is 20.1. The first kappa shape index (κ1) is 19.2. The van der Waals surface area contributed by atoms with Crippen LogP contribution in [-0.4, -0.2) is 27.3 Å². The number of H-pyrrole nitrogens is 1. The monoisotopic (exact) mass is 380 g/mol. The van der Waals surface area contributed by atoms with Gasteiger partial charge in [-0.25, -0.2) is 10.4 Å². The summed E-state index contributed by atoms with van der Waals surface area (Å²) >= 11 is 1.66. The molecule has 27 heavy (non-hydrogen) atoms. The number of carbonyl (C=O) groups excluding carboxylic acids is 1. The van der Waals surface area contributed by atoms with Crippen molar-refractivity contribution < 1.29 is 4.79 Å². The molecule has 0 atom stereocenters. The number of rotatable bonds is 6. The third-order valence-electron chi connectivity index (χ3n) is 4.05. The number of nitrogens with one attached hydrogen (secondary N) is 2. The number of aromatic amines is 1. The number of hydrogen-bond donors (Lipinski definition) is 2. The van der Waals surface area contributed by atoms with Crippen molar-refractivity contribution >= 4 is 34.9 Å². The lowest BCUT2D eigenvalue weighted by molar-refractivity contribution is 0.0955. The minimum atomic E-state index is -0.250. The second-order valence-corrected chi connectivity index (χ2v) is 8.53. The number of nitrogens with zero attached hydrogens (tertiary/aromatic N) is 2. The number of amides is 1. The zero-order chi connectivity index (χ0) is 19.4. The van der Waals surface area contributed by atoms with Gasteiger partial charge in [-0.05, 0) is 35.2 Å². The maximum Gasteiger partial charge on any atom is 0.271 e. The molecule has 0 spiro atoms. The highest BCUT2D eigenvalue weighted by Gasteiger charge is 2.09. The third-order valence-corrected chi connectivity index (χ3v) is 4.94. The second kappa shape index (κ2) is 8.39. The predicted molar refractivity (Wildman–Crippen MR) is 113 cm³/mol. The molecule has 0 unspecified atom stereocenters. The average molecular weight is 381 g/mol. The molecule has 0 aliphatic carbocycles. The smallest absolute Gasteiger partial charge is 0.271 e. The summed E-state index contributed by atoms with van der Waals surface area (Å²) in [6.07, 6.45) is 1.65. The fraction of sp³-hybridized carbons (Fsp3) is 0.286. The fourth-order valence-corrected chi connectivity index (χ4v) is 3.37. The largest absolute Gasteiger partial charge is 0.333 e. The zero-order valence-corrected chi connectivity index (χ0v) is 16.8. The van der Waals surface area contributed by atoms with E-state index in [1.54, 1.807) is 30.1 Å². The van der Waals surface area contributed by atoms with Crippen molar-refractivity contribution in [2.75, 3.05) is 0 Å². The quantitative estimate of drug-likeness (QED) is 0.361. The van der Waals surface area contributed by atoms with Crippen molar-refractivity contribution in [1.82, 2.24) is 15.4 Å². The van der Waals surface area contributed by atoms with Crippen molar-refractivity contribution in [2.24, 2.45) is 5.10 Å². The maximum absolute atomic E-state index is 12.3. The van der Waals surface area contributed by atoms with E-state index in [1.807, 2.05) is 18.2 Å². The van der Waals surface area contributed by atoms with Gasteiger partial charge in [0.25, 0.3) is 5.91 Å². The first-order valence-electron chi connectivity index (χ1n) is 9.02. The van der Waals surface area contributed by atoms with Crippen molar-refractivity contribution in [3.63, 3.8) is 0 Å². The predicted octanol–water partition coefficient (Wildman–Crippen LogP) is 4.95. The molecule has 3 aromatic rings. The van der Waals surface area contributed by atoms with Crippen LogP contribution in [0.1, 0.15) is 55.1 Å².